The molecule has 92 valence electrons. The van der Waals surface area contributed by atoms with Gasteiger partial charge < -0.3 is 20.5 Å². The van der Waals surface area contributed by atoms with E-state index in [2.05, 4.69) is 0 Å². The minimum absolute atomic E-state index is 0.269. The van der Waals surface area contributed by atoms with E-state index in [1.165, 1.54) is 6.07 Å². The van der Waals surface area contributed by atoms with E-state index in [1.54, 1.807) is 0 Å². The number of nitrogen functional groups attached to an aromatic ring is 1. The molecule has 1 aliphatic rings. The first-order chi connectivity index (χ1) is 8.09. The Hall–Kier alpha value is -1.82. The number of morpholine rings is 1. The van der Waals surface area contributed by atoms with Crippen molar-refractivity contribution in [3.63, 3.8) is 0 Å². The number of hydrogen-bond acceptors (Lipinski definition) is 4. The fourth-order valence-electron chi connectivity index (χ4n) is 1.82. The van der Waals surface area contributed by atoms with Gasteiger partial charge in [0.05, 0.1) is 30.2 Å². The molecular weight excluding hydrogens is 227 g/mol. The summed E-state index contributed by atoms with van der Waals surface area (Å²) in [5.41, 5.74) is 6.14. The molecule has 5 nitrogen and oxygen atoms in total. The number of rotatable bonds is 2. The number of nitrogens with two attached hydrogens (primary N) is 1. The summed E-state index contributed by atoms with van der Waals surface area (Å²) in [6.07, 6.45) is 0. The first-order valence-corrected chi connectivity index (χ1v) is 5.24. The Morgan fingerprint density at radius 2 is 2.06 bits per heavy atom. The first-order valence-electron chi connectivity index (χ1n) is 5.24. The Morgan fingerprint density at radius 1 is 1.41 bits per heavy atom. The third-order valence-corrected chi connectivity index (χ3v) is 2.70. The Balaban J connectivity index is 2.35. The molecule has 1 fully saturated rings. The van der Waals surface area contributed by atoms with Gasteiger partial charge in [-0.05, 0) is 6.07 Å². The zero-order valence-corrected chi connectivity index (χ0v) is 9.15. The molecule has 0 spiro atoms. The molecule has 17 heavy (non-hydrogen) atoms. The van der Waals surface area contributed by atoms with Crippen molar-refractivity contribution in [2.45, 2.75) is 0 Å². The molecule has 0 bridgehead atoms. The van der Waals surface area contributed by atoms with E-state index in [4.69, 9.17) is 15.6 Å². The number of carbonyl (C=O) groups is 1. The second-order valence-corrected chi connectivity index (χ2v) is 3.80. The molecule has 1 heterocycles. The second kappa shape index (κ2) is 4.58. The van der Waals surface area contributed by atoms with Crippen molar-refractivity contribution >= 4 is 17.3 Å². The summed E-state index contributed by atoms with van der Waals surface area (Å²) in [5, 5.41) is 8.76. The highest BCUT2D eigenvalue weighted by atomic mass is 19.1. The summed E-state index contributed by atoms with van der Waals surface area (Å²) < 4.78 is 18.7. The number of anilines is 2. The Labute approximate surface area is 97.6 Å². The van der Waals surface area contributed by atoms with Gasteiger partial charge in [0.2, 0.25) is 0 Å². The van der Waals surface area contributed by atoms with E-state index in [9.17, 15) is 9.18 Å². The van der Waals surface area contributed by atoms with Crippen LogP contribution >= 0.6 is 0 Å². The van der Waals surface area contributed by atoms with Gasteiger partial charge in [-0.15, -0.1) is 0 Å². The maximum absolute atomic E-state index is 13.5. The van der Waals surface area contributed by atoms with Gasteiger partial charge in [-0.2, -0.15) is 0 Å². The molecule has 0 aromatic heterocycles. The molecule has 0 aliphatic carbocycles. The van der Waals surface area contributed by atoms with Crippen LogP contribution in [0.3, 0.4) is 0 Å². The van der Waals surface area contributed by atoms with Gasteiger partial charge in [0.15, 0.2) is 0 Å². The van der Waals surface area contributed by atoms with Crippen molar-refractivity contribution < 1.29 is 19.0 Å². The zero-order valence-electron chi connectivity index (χ0n) is 9.15. The average Bonchev–Trinajstić information content (AvgIpc) is 2.32. The van der Waals surface area contributed by atoms with E-state index >= 15 is 0 Å². The van der Waals surface area contributed by atoms with Crippen molar-refractivity contribution in [3.8, 4) is 0 Å². The summed E-state index contributed by atoms with van der Waals surface area (Å²) in [6, 6.07) is 2.33. The molecule has 0 amide bonds. The van der Waals surface area contributed by atoms with E-state index < -0.39 is 17.3 Å². The maximum atomic E-state index is 13.5. The van der Waals surface area contributed by atoms with Crippen molar-refractivity contribution in [2.24, 2.45) is 0 Å². The quantitative estimate of drug-likeness (QED) is 0.752. The Morgan fingerprint density at radius 3 is 2.65 bits per heavy atom. The third-order valence-electron chi connectivity index (χ3n) is 2.70. The molecule has 0 unspecified atom stereocenters. The fraction of sp³-hybridized carbons (Fsp3) is 0.364. The van der Waals surface area contributed by atoms with Gasteiger partial charge in [0.1, 0.15) is 5.82 Å². The molecule has 0 saturated carbocycles. The number of hydrogen-bond donors (Lipinski definition) is 2. The van der Waals surface area contributed by atoms with E-state index in [-0.39, 0.29) is 5.69 Å². The smallest absolute Gasteiger partial charge is 0.338 e. The van der Waals surface area contributed by atoms with Crippen LogP contribution in [0.5, 0.6) is 0 Å². The molecule has 0 radical (unpaired) electrons. The lowest BCUT2D eigenvalue weighted by Crippen LogP contribution is -2.36. The van der Waals surface area contributed by atoms with Crippen LogP contribution < -0.4 is 10.6 Å². The van der Waals surface area contributed by atoms with Gasteiger partial charge >= 0.3 is 5.97 Å². The van der Waals surface area contributed by atoms with E-state index in [0.29, 0.717) is 32.0 Å². The summed E-state index contributed by atoms with van der Waals surface area (Å²) >= 11 is 0. The van der Waals surface area contributed by atoms with Crippen molar-refractivity contribution in [1.82, 2.24) is 0 Å². The van der Waals surface area contributed by atoms with Crippen molar-refractivity contribution in [1.29, 1.82) is 0 Å². The molecule has 0 atom stereocenters. The maximum Gasteiger partial charge on any atom is 0.338 e. The van der Waals surface area contributed by atoms with Crippen LogP contribution in [-0.4, -0.2) is 37.4 Å². The van der Waals surface area contributed by atoms with E-state index in [0.717, 1.165) is 6.07 Å². The lowest BCUT2D eigenvalue weighted by Gasteiger charge is -2.30. The molecule has 1 aromatic carbocycles. The van der Waals surface area contributed by atoms with Crippen molar-refractivity contribution in [3.05, 3.63) is 23.5 Å². The van der Waals surface area contributed by atoms with Crippen LogP contribution in [0.2, 0.25) is 0 Å². The topological polar surface area (TPSA) is 75.8 Å². The zero-order chi connectivity index (χ0) is 12.4. The first kappa shape index (κ1) is 11.7. The molecular formula is C11H13FN2O3. The van der Waals surface area contributed by atoms with Gasteiger partial charge in [-0.25, -0.2) is 9.18 Å². The highest BCUT2D eigenvalue weighted by Gasteiger charge is 2.18. The van der Waals surface area contributed by atoms with Gasteiger partial charge in [0, 0.05) is 19.2 Å². The normalized spacial score (nSPS) is 15.9. The highest BCUT2D eigenvalue weighted by molar-refractivity contribution is 5.91. The number of carboxylic acids is 1. The van der Waals surface area contributed by atoms with Gasteiger partial charge in [0.25, 0.3) is 0 Å². The van der Waals surface area contributed by atoms with Gasteiger partial charge in [-0.1, -0.05) is 0 Å². The SMILES string of the molecule is Nc1cc(C(=O)O)c(F)cc1N1CCOCC1. The fourth-order valence-corrected chi connectivity index (χ4v) is 1.82. The van der Waals surface area contributed by atoms with Gasteiger partial charge in [-0.3, -0.25) is 0 Å². The lowest BCUT2D eigenvalue weighted by atomic mass is 10.1. The van der Waals surface area contributed by atoms with Crippen LogP contribution in [0, 0.1) is 5.82 Å². The number of aromatic carboxylic acids is 1. The predicted octanol–water partition coefficient (Wildman–Crippen LogP) is 0.943. The number of ether oxygens (including phenoxy) is 1. The van der Waals surface area contributed by atoms with E-state index in [1.807, 2.05) is 4.90 Å². The molecule has 2 rings (SSSR count). The second-order valence-electron chi connectivity index (χ2n) is 3.80. The van der Waals surface area contributed by atoms with Crippen LogP contribution in [0.1, 0.15) is 10.4 Å². The minimum Gasteiger partial charge on any atom is -0.478 e. The Kier molecular flexibility index (Phi) is 3.14. The minimum atomic E-state index is -1.32. The molecule has 1 aliphatic heterocycles. The lowest BCUT2D eigenvalue weighted by molar-refractivity contribution is 0.0692. The van der Waals surface area contributed by atoms with Crippen LogP contribution in [-0.2, 0) is 4.74 Å². The largest absolute Gasteiger partial charge is 0.478 e. The molecule has 6 heteroatoms. The molecule has 3 N–H and O–H groups in total. The summed E-state index contributed by atoms with van der Waals surface area (Å²) in [7, 11) is 0. The third kappa shape index (κ3) is 2.31. The number of nitrogens with zero attached hydrogens (tertiary/aromatic N) is 1. The standard InChI is InChI=1S/C11H13FN2O3/c12-8-6-10(14-1-3-17-4-2-14)9(13)5-7(8)11(15)16/h5-6H,1-4,13H2,(H,15,16). The average molecular weight is 240 g/mol. The Bertz CT molecular complexity index is 445. The number of carboxylic acid groups (broad SMARTS) is 1. The highest BCUT2D eigenvalue weighted by Crippen LogP contribution is 2.27. The van der Waals surface area contributed by atoms with Crippen LogP contribution in [0.4, 0.5) is 15.8 Å². The number of halogens is 1. The van der Waals surface area contributed by atoms with Crippen LogP contribution in [0.25, 0.3) is 0 Å². The predicted molar refractivity (Wildman–Crippen MR) is 60.8 cm³/mol. The molecule has 1 saturated heterocycles. The van der Waals surface area contributed by atoms with Crippen molar-refractivity contribution in [2.75, 3.05) is 36.9 Å². The van der Waals surface area contributed by atoms with Crippen LogP contribution in [0.15, 0.2) is 12.1 Å². The number of benzene rings is 1. The summed E-state index contributed by atoms with van der Waals surface area (Å²) in [6.45, 7) is 2.36. The molecule has 1 aromatic rings. The monoisotopic (exact) mass is 240 g/mol. The summed E-state index contributed by atoms with van der Waals surface area (Å²) in [5.74, 6) is -2.09. The summed E-state index contributed by atoms with van der Waals surface area (Å²) in [4.78, 5) is 12.6.